The summed E-state index contributed by atoms with van der Waals surface area (Å²) in [6, 6.07) is 32.8. The van der Waals surface area contributed by atoms with Crippen LogP contribution < -0.4 is 5.11 Å². The van der Waals surface area contributed by atoms with Gasteiger partial charge < -0.3 is 14.9 Å². The second-order valence-electron chi connectivity index (χ2n) is 7.81. The van der Waals surface area contributed by atoms with Gasteiger partial charge in [0.1, 0.15) is 5.82 Å². The first-order valence-corrected chi connectivity index (χ1v) is 10.8. The van der Waals surface area contributed by atoms with Gasteiger partial charge in [0.15, 0.2) is 5.78 Å². The summed E-state index contributed by atoms with van der Waals surface area (Å²) in [5.74, 6) is -0.640. The molecule has 0 fully saturated rings. The normalized spacial score (nSPS) is 10.7. The molecule has 5 heteroatoms. The van der Waals surface area contributed by atoms with Gasteiger partial charge >= 0.3 is 0 Å². The molecular formula is C29H19N2O3-. The molecule has 5 aromatic rings. The van der Waals surface area contributed by atoms with Crippen molar-refractivity contribution in [2.24, 2.45) is 0 Å². The molecule has 5 nitrogen and oxygen atoms in total. The molecule has 0 aliphatic carbocycles. The number of aromatic carboxylic acids is 1. The molecule has 1 aromatic heterocycles. The number of hydrogen-bond donors (Lipinski definition) is 1. The Labute approximate surface area is 196 Å². The Morgan fingerprint density at radius 3 is 1.74 bits per heavy atom. The van der Waals surface area contributed by atoms with Gasteiger partial charge in [-0.2, -0.15) is 0 Å². The molecular weight excluding hydrogens is 424 g/mol. The van der Waals surface area contributed by atoms with Crippen LogP contribution >= 0.6 is 0 Å². The van der Waals surface area contributed by atoms with Crippen molar-refractivity contribution in [3.8, 4) is 33.9 Å². The maximum Gasteiger partial charge on any atom is 0.193 e. The number of ketones is 1. The summed E-state index contributed by atoms with van der Waals surface area (Å²) in [6.07, 6.45) is 0. The third-order valence-electron chi connectivity index (χ3n) is 5.62. The second-order valence-corrected chi connectivity index (χ2v) is 7.81. The van der Waals surface area contributed by atoms with E-state index in [2.05, 4.69) is 4.98 Å². The van der Waals surface area contributed by atoms with Crippen molar-refractivity contribution in [1.82, 2.24) is 9.97 Å². The number of carbonyl (C=O) groups excluding carboxylic acids is 2. The number of imidazole rings is 1. The van der Waals surface area contributed by atoms with Crippen LogP contribution in [0.2, 0.25) is 0 Å². The lowest BCUT2D eigenvalue weighted by Crippen LogP contribution is -2.21. The minimum Gasteiger partial charge on any atom is -0.545 e. The van der Waals surface area contributed by atoms with E-state index in [1.807, 2.05) is 72.8 Å². The molecule has 1 N–H and O–H groups in total. The highest BCUT2D eigenvalue weighted by molar-refractivity contribution is 6.09. The van der Waals surface area contributed by atoms with Gasteiger partial charge in [0.25, 0.3) is 0 Å². The van der Waals surface area contributed by atoms with Crippen LogP contribution in [0.4, 0.5) is 0 Å². The lowest BCUT2D eigenvalue weighted by atomic mass is 10.00. The lowest BCUT2D eigenvalue weighted by molar-refractivity contribution is -0.255. The molecule has 1 heterocycles. The average molecular weight is 443 g/mol. The predicted octanol–water partition coefficient (Wildman–Crippen LogP) is 5.01. The largest absolute Gasteiger partial charge is 0.545 e. The number of nitrogens with zero attached hydrogens (tertiary/aromatic N) is 1. The van der Waals surface area contributed by atoms with Gasteiger partial charge in [0.2, 0.25) is 0 Å². The average Bonchev–Trinajstić information content (AvgIpc) is 3.35. The quantitative estimate of drug-likeness (QED) is 0.374. The minimum atomic E-state index is -1.22. The molecule has 0 saturated heterocycles. The van der Waals surface area contributed by atoms with Crippen LogP contribution in [0.3, 0.4) is 0 Å². The zero-order valence-electron chi connectivity index (χ0n) is 18.1. The summed E-state index contributed by atoms with van der Waals surface area (Å²) in [6.45, 7) is 0. The third-order valence-corrected chi connectivity index (χ3v) is 5.62. The standard InChI is InChI=1S/C29H20N2O3/c32-27(21-9-5-2-6-10-21)22-13-11-20(12-14-22)26-25(19-7-3-1-4-8-19)30-28(31-26)23-15-17-24(18-16-23)29(33)34/h1-18H,(H,30,31)(H,33,34)/p-1. The fourth-order valence-corrected chi connectivity index (χ4v) is 3.83. The first-order chi connectivity index (χ1) is 16.6. The van der Waals surface area contributed by atoms with Crippen molar-refractivity contribution in [1.29, 1.82) is 0 Å². The van der Waals surface area contributed by atoms with Crippen molar-refractivity contribution < 1.29 is 14.7 Å². The Bertz CT molecular complexity index is 1450. The molecule has 4 aromatic carbocycles. The van der Waals surface area contributed by atoms with Crippen LogP contribution in [-0.2, 0) is 0 Å². The van der Waals surface area contributed by atoms with Gasteiger partial charge in [-0.1, -0.05) is 109 Å². The van der Waals surface area contributed by atoms with Crippen molar-refractivity contribution in [3.05, 3.63) is 126 Å². The molecule has 0 aliphatic rings. The summed E-state index contributed by atoms with van der Waals surface area (Å²) in [4.78, 5) is 32.1. The third kappa shape index (κ3) is 4.14. The number of hydrogen-bond acceptors (Lipinski definition) is 4. The van der Waals surface area contributed by atoms with Gasteiger partial charge in [-0.05, 0) is 5.56 Å². The molecule has 0 bridgehead atoms. The van der Waals surface area contributed by atoms with Crippen molar-refractivity contribution in [3.63, 3.8) is 0 Å². The molecule has 0 saturated carbocycles. The molecule has 0 aliphatic heterocycles. The van der Waals surface area contributed by atoms with Gasteiger partial charge in [0, 0.05) is 27.8 Å². The van der Waals surface area contributed by atoms with E-state index >= 15 is 0 Å². The zero-order valence-corrected chi connectivity index (χ0v) is 18.1. The van der Waals surface area contributed by atoms with E-state index in [-0.39, 0.29) is 11.3 Å². The number of carboxylic acid groups (broad SMARTS) is 1. The predicted molar refractivity (Wildman–Crippen MR) is 129 cm³/mol. The smallest absolute Gasteiger partial charge is 0.193 e. The fraction of sp³-hybridized carbons (Fsp3) is 0. The number of carbonyl (C=O) groups is 2. The van der Waals surface area contributed by atoms with E-state index in [9.17, 15) is 14.7 Å². The van der Waals surface area contributed by atoms with Crippen molar-refractivity contribution in [2.45, 2.75) is 0 Å². The van der Waals surface area contributed by atoms with E-state index in [1.165, 1.54) is 12.1 Å². The number of H-pyrrole nitrogens is 1. The molecule has 5 rings (SSSR count). The Morgan fingerprint density at radius 2 is 1.12 bits per heavy atom. The number of aromatic nitrogens is 2. The zero-order chi connectivity index (χ0) is 23.5. The maximum atomic E-state index is 12.8. The SMILES string of the molecule is O=C([O-])c1ccc(-c2nc(-c3ccccc3)c(-c3ccc(C(=O)c4ccccc4)cc3)[nH]2)cc1. The van der Waals surface area contributed by atoms with E-state index in [1.54, 1.807) is 24.3 Å². The van der Waals surface area contributed by atoms with Gasteiger partial charge in [-0.25, -0.2) is 4.98 Å². The molecule has 0 unspecified atom stereocenters. The van der Waals surface area contributed by atoms with Gasteiger partial charge in [-0.15, -0.1) is 0 Å². The van der Waals surface area contributed by atoms with Crippen molar-refractivity contribution >= 4 is 11.8 Å². The maximum absolute atomic E-state index is 12.8. The van der Waals surface area contributed by atoms with Crippen LogP contribution in [0, 0.1) is 0 Å². The van der Waals surface area contributed by atoms with Gasteiger partial charge in [-0.3, -0.25) is 4.79 Å². The number of carboxylic acids is 1. The molecule has 0 radical (unpaired) electrons. The molecule has 164 valence electrons. The van der Waals surface area contributed by atoms with E-state index < -0.39 is 5.97 Å². The van der Waals surface area contributed by atoms with Crippen molar-refractivity contribution in [2.75, 3.05) is 0 Å². The molecule has 0 spiro atoms. The Hall–Kier alpha value is -4.77. The van der Waals surface area contributed by atoms with Gasteiger partial charge in [0.05, 0.1) is 17.4 Å². The van der Waals surface area contributed by atoms with E-state index in [0.29, 0.717) is 17.0 Å². The monoisotopic (exact) mass is 443 g/mol. The van der Waals surface area contributed by atoms with Crippen LogP contribution in [0.5, 0.6) is 0 Å². The first kappa shape index (κ1) is 21.1. The second kappa shape index (κ2) is 9.00. The Morgan fingerprint density at radius 1 is 0.588 bits per heavy atom. The fourth-order valence-electron chi connectivity index (χ4n) is 3.83. The van der Waals surface area contributed by atoms with E-state index in [0.717, 1.165) is 28.1 Å². The highest BCUT2D eigenvalue weighted by Gasteiger charge is 2.16. The number of aromatic amines is 1. The van der Waals surface area contributed by atoms with Crippen LogP contribution in [0.1, 0.15) is 26.3 Å². The molecule has 0 atom stereocenters. The summed E-state index contributed by atoms with van der Waals surface area (Å²) in [5, 5.41) is 11.1. The number of benzene rings is 4. The molecule has 34 heavy (non-hydrogen) atoms. The van der Waals surface area contributed by atoms with Crippen LogP contribution in [0.25, 0.3) is 33.9 Å². The highest BCUT2D eigenvalue weighted by Crippen LogP contribution is 2.33. The summed E-state index contributed by atoms with van der Waals surface area (Å²) < 4.78 is 0. The number of nitrogens with one attached hydrogen (secondary N) is 1. The van der Waals surface area contributed by atoms with Crippen LogP contribution in [-0.4, -0.2) is 21.7 Å². The number of rotatable bonds is 6. The summed E-state index contributed by atoms with van der Waals surface area (Å²) in [7, 11) is 0. The summed E-state index contributed by atoms with van der Waals surface area (Å²) >= 11 is 0. The topological polar surface area (TPSA) is 85.9 Å². The Balaban J connectivity index is 1.55. The summed E-state index contributed by atoms with van der Waals surface area (Å²) in [5.41, 5.74) is 5.51. The van der Waals surface area contributed by atoms with Crippen LogP contribution in [0.15, 0.2) is 109 Å². The first-order valence-electron chi connectivity index (χ1n) is 10.8. The van der Waals surface area contributed by atoms with E-state index in [4.69, 9.17) is 4.98 Å². The highest BCUT2D eigenvalue weighted by atomic mass is 16.4. The Kier molecular flexibility index (Phi) is 5.58. The lowest BCUT2D eigenvalue weighted by Gasteiger charge is -2.05. The minimum absolute atomic E-state index is 0.0336. The molecule has 0 amide bonds.